The van der Waals surface area contributed by atoms with Crippen molar-refractivity contribution in [3.05, 3.63) is 32.2 Å². The van der Waals surface area contributed by atoms with Crippen molar-refractivity contribution >= 4 is 22.7 Å². The Morgan fingerprint density at radius 3 is 2.81 bits per heavy atom. The Bertz CT molecular complexity index is 448. The summed E-state index contributed by atoms with van der Waals surface area (Å²) in [6.45, 7) is 5.95. The first kappa shape index (κ1) is 11.7. The first-order valence-electron chi connectivity index (χ1n) is 5.26. The molecule has 2 aromatic rings. The van der Waals surface area contributed by atoms with Gasteiger partial charge in [-0.2, -0.15) is 0 Å². The molecule has 0 saturated carbocycles. The SMILES string of the molecule is Cc1csc(CNCCc2scnc2C)n1. The molecule has 0 bridgehead atoms. The Balaban J connectivity index is 1.71. The largest absolute Gasteiger partial charge is 0.310 e. The van der Waals surface area contributed by atoms with Crippen molar-refractivity contribution in [2.24, 2.45) is 0 Å². The second kappa shape index (κ2) is 5.52. The number of nitrogens with one attached hydrogen (secondary N) is 1. The maximum absolute atomic E-state index is 4.41. The predicted molar refractivity (Wildman–Crippen MR) is 69.1 cm³/mol. The Morgan fingerprint density at radius 2 is 2.19 bits per heavy atom. The Hall–Kier alpha value is -0.780. The molecule has 0 amide bonds. The molecule has 2 aromatic heterocycles. The first-order chi connectivity index (χ1) is 7.75. The van der Waals surface area contributed by atoms with E-state index in [0.717, 1.165) is 30.9 Å². The number of hydrogen-bond acceptors (Lipinski definition) is 5. The van der Waals surface area contributed by atoms with Crippen LogP contribution in [0.3, 0.4) is 0 Å². The van der Waals surface area contributed by atoms with Gasteiger partial charge in [-0.25, -0.2) is 9.97 Å². The minimum atomic E-state index is 0.871. The van der Waals surface area contributed by atoms with Gasteiger partial charge < -0.3 is 5.32 Å². The Morgan fingerprint density at radius 1 is 1.31 bits per heavy atom. The minimum absolute atomic E-state index is 0.871. The maximum Gasteiger partial charge on any atom is 0.107 e. The molecule has 0 saturated heterocycles. The van der Waals surface area contributed by atoms with E-state index in [1.54, 1.807) is 22.7 Å². The van der Waals surface area contributed by atoms with Crippen molar-refractivity contribution in [2.75, 3.05) is 6.54 Å². The summed E-state index contributed by atoms with van der Waals surface area (Å²) in [6, 6.07) is 0. The third-order valence-corrected chi connectivity index (χ3v) is 4.28. The van der Waals surface area contributed by atoms with Gasteiger partial charge >= 0.3 is 0 Å². The average molecular weight is 253 g/mol. The first-order valence-corrected chi connectivity index (χ1v) is 7.02. The van der Waals surface area contributed by atoms with E-state index < -0.39 is 0 Å². The van der Waals surface area contributed by atoms with E-state index in [-0.39, 0.29) is 0 Å². The Kier molecular flexibility index (Phi) is 4.04. The quantitative estimate of drug-likeness (QED) is 0.832. The second-order valence-electron chi connectivity index (χ2n) is 3.67. The smallest absolute Gasteiger partial charge is 0.107 e. The van der Waals surface area contributed by atoms with Crippen molar-refractivity contribution in [1.29, 1.82) is 0 Å². The summed E-state index contributed by atoms with van der Waals surface area (Å²) in [5.74, 6) is 0. The van der Waals surface area contributed by atoms with Crippen molar-refractivity contribution in [1.82, 2.24) is 15.3 Å². The summed E-state index contributed by atoms with van der Waals surface area (Å²) < 4.78 is 0. The number of thiazole rings is 2. The molecule has 16 heavy (non-hydrogen) atoms. The summed E-state index contributed by atoms with van der Waals surface area (Å²) in [6.07, 6.45) is 1.06. The number of rotatable bonds is 5. The minimum Gasteiger partial charge on any atom is -0.310 e. The van der Waals surface area contributed by atoms with E-state index in [1.807, 2.05) is 12.4 Å². The zero-order chi connectivity index (χ0) is 11.4. The summed E-state index contributed by atoms with van der Waals surface area (Å²) in [5, 5.41) is 6.66. The molecule has 1 N–H and O–H groups in total. The molecule has 0 aromatic carbocycles. The van der Waals surface area contributed by atoms with E-state index in [9.17, 15) is 0 Å². The van der Waals surface area contributed by atoms with Crippen LogP contribution in [-0.2, 0) is 13.0 Å². The molecule has 0 aliphatic rings. The van der Waals surface area contributed by atoms with Crippen LogP contribution in [-0.4, -0.2) is 16.5 Å². The molecule has 0 atom stereocenters. The molecule has 3 nitrogen and oxygen atoms in total. The highest BCUT2D eigenvalue weighted by molar-refractivity contribution is 7.10. The lowest BCUT2D eigenvalue weighted by molar-refractivity contribution is 0.685. The van der Waals surface area contributed by atoms with Crippen molar-refractivity contribution in [3.8, 4) is 0 Å². The summed E-state index contributed by atoms with van der Waals surface area (Å²) in [4.78, 5) is 10.0. The van der Waals surface area contributed by atoms with Gasteiger partial charge in [0.1, 0.15) is 5.01 Å². The topological polar surface area (TPSA) is 37.8 Å². The van der Waals surface area contributed by atoms with Gasteiger partial charge in [-0.3, -0.25) is 0 Å². The zero-order valence-corrected chi connectivity index (χ0v) is 11.1. The van der Waals surface area contributed by atoms with Crippen molar-refractivity contribution < 1.29 is 0 Å². The highest BCUT2D eigenvalue weighted by Gasteiger charge is 2.01. The fourth-order valence-electron chi connectivity index (χ4n) is 1.45. The van der Waals surface area contributed by atoms with E-state index in [0.29, 0.717) is 0 Å². The number of aromatic nitrogens is 2. The van der Waals surface area contributed by atoms with Gasteiger partial charge in [-0.1, -0.05) is 0 Å². The molecule has 86 valence electrons. The van der Waals surface area contributed by atoms with Crippen LogP contribution in [0.15, 0.2) is 10.9 Å². The van der Waals surface area contributed by atoms with E-state index in [2.05, 4.69) is 27.6 Å². The van der Waals surface area contributed by atoms with Crippen LogP contribution in [0, 0.1) is 13.8 Å². The van der Waals surface area contributed by atoms with Crippen molar-refractivity contribution in [2.45, 2.75) is 26.8 Å². The molecule has 0 fully saturated rings. The van der Waals surface area contributed by atoms with Crippen LogP contribution in [0.4, 0.5) is 0 Å². The molecule has 2 rings (SSSR count). The maximum atomic E-state index is 4.41. The summed E-state index contributed by atoms with van der Waals surface area (Å²) in [7, 11) is 0. The van der Waals surface area contributed by atoms with Crippen LogP contribution in [0.2, 0.25) is 0 Å². The number of nitrogens with zero attached hydrogens (tertiary/aromatic N) is 2. The van der Waals surface area contributed by atoms with Crippen LogP contribution < -0.4 is 5.32 Å². The van der Waals surface area contributed by atoms with Crippen LogP contribution in [0.5, 0.6) is 0 Å². The molecule has 5 heteroatoms. The van der Waals surface area contributed by atoms with Gasteiger partial charge in [0.05, 0.1) is 11.2 Å². The van der Waals surface area contributed by atoms with Crippen LogP contribution >= 0.6 is 22.7 Å². The van der Waals surface area contributed by atoms with Gasteiger partial charge in [0.25, 0.3) is 0 Å². The zero-order valence-electron chi connectivity index (χ0n) is 9.49. The number of aryl methyl sites for hydroxylation is 2. The molecule has 2 heterocycles. The third kappa shape index (κ3) is 3.10. The van der Waals surface area contributed by atoms with Crippen LogP contribution in [0.1, 0.15) is 21.3 Å². The summed E-state index contributed by atoms with van der Waals surface area (Å²) >= 11 is 3.45. The predicted octanol–water partition coefficient (Wildman–Crippen LogP) is 2.55. The average Bonchev–Trinajstić information content (AvgIpc) is 2.83. The van der Waals surface area contributed by atoms with Gasteiger partial charge in [0, 0.05) is 29.0 Å². The van der Waals surface area contributed by atoms with E-state index in [4.69, 9.17) is 0 Å². The fourth-order valence-corrected chi connectivity index (χ4v) is 2.97. The van der Waals surface area contributed by atoms with Crippen molar-refractivity contribution in [3.63, 3.8) is 0 Å². The molecule has 0 spiro atoms. The highest BCUT2D eigenvalue weighted by atomic mass is 32.1. The van der Waals surface area contributed by atoms with Gasteiger partial charge in [-0.05, 0) is 20.3 Å². The highest BCUT2D eigenvalue weighted by Crippen LogP contribution is 2.12. The molecule has 0 unspecified atom stereocenters. The lowest BCUT2D eigenvalue weighted by atomic mass is 10.3. The van der Waals surface area contributed by atoms with Gasteiger partial charge in [0.2, 0.25) is 0 Å². The van der Waals surface area contributed by atoms with Gasteiger partial charge in [0.15, 0.2) is 0 Å². The fraction of sp³-hybridized carbons (Fsp3) is 0.455. The van der Waals surface area contributed by atoms with Gasteiger partial charge in [-0.15, -0.1) is 22.7 Å². The van der Waals surface area contributed by atoms with Crippen LogP contribution in [0.25, 0.3) is 0 Å². The molecular weight excluding hydrogens is 238 g/mol. The standard InChI is InChI=1S/C11H15N3S2/c1-8-6-15-11(14-8)5-12-4-3-10-9(2)13-7-16-10/h6-7,12H,3-5H2,1-2H3. The third-order valence-electron chi connectivity index (χ3n) is 2.32. The molecular formula is C11H15N3S2. The molecule has 0 aliphatic carbocycles. The monoisotopic (exact) mass is 253 g/mol. The van der Waals surface area contributed by atoms with E-state index in [1.165, 1.54) is 9.88 Å². The normalized spacial score (nSPS) is 10.9. The Labute approximate surface area is 104 Å². The number of hydrogen-bond donors (Lipinski definition) is 1. The lowest BCUT2D eigenvalue weighted by Crippen LogP contribution is -2.16. The second-order valence-corrected chi connectivity index (χ2v) is 5.55. The lowest BCUT2D eigenvalue weighted by Gasteiger charge is -2.01. The molecule has 0 aliphatic heterocycles. The summed E-state index contributed by atoms with van der Waals surface area (Å²) in [5.41, 5.74) is 4.19. The van der Waals surface area contributed by atoms with E-state index >= 15 is 0 Å². The molecule has 0 radical (unpaired) electrons.